The maximum atomic E-state index is 13.2. The molecule has 1 N–H and O–H groups in total. The third-order valence-electron chi connectivity index (χ3n) is 3.75. The molecule has 0 bridgehead atoms. The van der Waals surface area contributed by atoms with Crippen LogP contribution in [0.15, 0.2) is 18.2 Å². The second kappa shape index (κ2) is 5.03. The van der Waals surface area contributed by atoms with Crippen molar-refractivity contribution in [1.82, 2.24) is 0 Å². The molecule has 1 aromatic carbocycles. The Morgan fingerprint density at radius 1 is 1.17 bits per heavy atom. The van der Waals surface area contributed by atoms with Crippen LogP contribution < -0.4 is 0 Å². The summed E-state index contributed by atoms with van der Waals surface area (Å²) in [5, 5.41) is 19.6. The average Bonchev–Trinajstić information content (AvgIpc) is 2.42. The van der Waals surface area contributed by atoms with E-state index in [0.29, 0.717) is 12.8 Å². The molecule has 1 aliphatic rings. The van der Waals surface area contributed by atoms with Crippen LogP contribution in [0.25, 0.3) is 0 Å². The standard InChI is InChI=1S/C14H15F2NO/c15-11-5-4-10(8-12(11)16)13(18)14(9-17)6-2-1-3-7-14/h4-5,8,13,18H,1-3,6-7H2. The lowest BCUT2D eigenvalue weighted by molar-refractivity contribution is 0.0357. The van der Waals surface area contributed by atoms with Crippen molar-refractivity contribution in [2.45, 2.75) is 38.2 Å². The van der Waals surface area contributed by atoms with Crippen LogP contribution in [0.5, 0.6) is 0 Å². The number of halogens is 2. The van der Waals surface area contributed by atoms with Crippen LogP contribution in [-0.2, 0) is 0 Å². The van der Waals surface area contributed by atoms with Gasteiger partial charge >= 0.3 is 0 Å². The molecule has 0 aromatic heterocycles. The zero-order chi connectivity index (χ0) is 13.2. The van der Waals surface area contributed by atoms with Crippen molar-refractivity contribution in [3.63, 3.8) is 0 Å². The minimum atomic E-state index is -1.06. The summed E-state index contributed by atoms with van der Waals surface area (Å²) in [5.41, 5.74) is -0.583. The van der Waals surface area contributed by atoms with Crippen molar-refractivity contribution in [3.8, 4) is 6.07 Å². The summed E-state index contributed by atoms with van der Waals surface area (Å²) in [5.74, 6) is -1.93. The first-order valence-electron chi connectivity index (χ1n) is 6.13. The predicted octanol–water partition coefficient (Wildman–Crippen LogP) is 3.47. The van der Waals surface area contributed by atoms with Crippen LogP contribution in [0, 0.1) is 28.4 Å². The molecule has 0 spiro atoms. The fraction of sp³-hybridized carbons (Fsp3) is 0.500. The second-order valence-electron chi connectivity index (χ2n) is 4.90. The van der Waals surface area contributed by atoms with Gasteiger partial charge in [0.1, 0.15) is 0 Å². The Morgan fingerprint density at radius 3 is 2.39 bits per heavy atom. The van der Waals surface area contributed by atoms with Crippen LogP contribution >= 0.6 is 0 Å². The second-order valence-corrected chi connectivity index (χ2v) is 4.90. The summed E-state index contributed by atoms with van der Waals surface area (Å²) < 4.78 is 26.0. The quantitative estimate of drug-likeness (QED) is 0.874. The van der Waals surface area contributed by atoms with Gasteiger partial charge in [0, 0.05) is 0 Å². The van der Waals surface area contributed by atoms with Crippen molar-refractivity contribution in [3.05, 3.63) is 35.4 Å². The van der Waals surface area contributed by atoms with Crippen molar-refractivity contribution in [2.75, 3.05) is 0 Å². The van der Waals surface area contributed by atoms with E-state index in [-0.39, 0.29) is 5.56 Å². The third-order valence-corrected chi connectivity index (χ3v) is 3.75. The molecule has 0 saturated heterocycles. The van der Waals surface area contributed by atoms with Crippen molar-refractivity contribution < 1.29 is 13.9 Å². The lowest BCUT2D eigenvalue weighted by atomic mass is 9.69. The number of nitriles is 1. The van der Waals surface area contributed by atoms with Gasteiger partial charge in [0.2, 0.25) is 0 Å². The largest absolute Gasteiger partial charge is 0.387 e. The van der Waals surface area contributed by atoms with E-state index in [9.17, 15) is 19.1 Å². The van der Waals surface area contributed by atoms with Gasteiger partial charge in [0.25, 0.3) is 0 Å². The maximum Gasteiger partial charge on any atom is 0.159 e. The highest BCUT2D eigenvalue weighted by Gasteiger charge is 2.40. The molecule has 0 aliphatic heterocycles. The van der Waals surface area contributed by atoms with E-state index in [2.05, 4.69) is 6.07 Å². The van der Waals surface area contributed by atoms with E-state index in [4.69, 9.17) is 0 Å². The summed E-state index contributed by atoms with van der Waals surface area (Å²) in [4.78, 5) is 0. The number of hydrogen-bond acceptors (Lipinski definition) is 2. The Kier molecular flexibility index (Phi) is 3.63. The van der Waals surface area contributed by atoms with E-state index in [1.807, 2.05) is 0 Å². The Hall–Kier alpha value is -1.47. The molecule has 0 radical (unpaired) electrons. The number of aliphatic hydroxyl groups excluding tert-OH is 1. The molecule has 1 aliphatic carbocycles. The molecule has 1 fully saturated rings. The molecule has 0 heterocycles. The van der Waals surface area contributed by atoms with E-state index in [0.717, 1.165) is 31.4 Å². The monoisotopic (exact) mass is 251 g/mol. The fourth-order valence-electron chi connectivity index (χ4n) is 2.63. The van der Waals surface area contributed by atoms with E-state index in [1.165, 1.54) is 6.07 Å². The lowest BCUT2D eigenvalue weighted by Crippen LogP contribution is -2.30. The molecule has 1 unspecified atom stereocenters. The molecule has 96 valence electrons. The maximum absolute atomic E-state index is 13.2. The minimum Gasteiger partial charge on any atom is -0.387 e. The van der Waals surface area contributed by atoms with Crippen LogP contribution in [-0.4, -0.2) is 5.11 Å². The number of nitrogens with zero attached hydrogens (tertiary/aromatic N) is 1. The smallest absolute Gasteiger partial charge is 0.159 e. The highest BCUT2D eigenvalue weighted by Crippen LogP contribution is 2.45. The topological polar surface area (TPSA) is 44.0 Å². The van der Waals surface area contributed by atoms with E-state index in [1.54, 1.807) is 0 Å². The zero-order valence-electron chi connectivity index (χ0n) is 10.00. The van der Waals surface area contributed by atoms with Gasteiger partial charge in [-0.25, -0.2) is 8.78 Å². The van der Waals surface area contributed by atoms with Gasteiger partial charge in [0.15, 0.2) is 11.6 Å². The van der Waals surface area contributed by atoms with Gasteiger partial charge in [-0.05, 0) is 30.5 Å². The molecule has 2 nitrogen and oxygen atoms in total. The number of hydrogen-bond donors (Lipinski definition) is 1. The van der Waals surface area contributed by atoms with Crippen molar-refractivity contribution >= 4 is 0 Å². The van der Waals surface area contributed by atoms with Gasteiger partial charge in [-0.15, -0.1) is 0 Å². The van der Waals surface area contributed by atoms with Crippen LogP contribution in [0.4, 0.5) is 8.78 Å². The fourth-order valence-corrected chi connectivity index (χ4v) is 2.63. The summed E-state index contributed by atoms with van der Waals surface area (Å²) in [6.07, 6.45) is 2.96. The molecule has 2 rings (SSSR count). The lowest BCUT2D eigenvalue weighted by Gasteiger charge is -2.35. The molecule has 0 amide bonds. The molecule has 1 saturated carbocycles. The van der Waals surface area contributed by atoms with Gasteiger partial charge in [-0.3, -0.25) is 0 Å². The van der Waals surface area contributed by atoms with Crippen LogP contribution in [0.3, 0.4) is 0 Å². The molecular formula is C14H15F2NO. The molecular weight excluding hydrogens is 236 g/mol. The zero-order valence-corrected chi connectivity index (χ0v) is 10.00. The summed E-state index contributed by atoms with van der Waals surface area (Å²) >= 11 is 0. The van der Waals surface area contributed by atoms with Crippen molar-refractivity contribution in [1.29, 1.82) is 5.26 Å². The molecule has 18 heavy (non-hydrogen) atoms. The Morgan fingerprint density at radius 2 is 1.83 bits per heavy atom. The van der Waals surface area contributed by atoms with Gasteiger partial charge in [0.05, 0.1) is 17.6 Å². The van der Waals surface area contributed by atoms with Gasteiger partial charge in [-0.2, -0.15) is 5.26 Å². The first kappa shape index (κ1) is 13.0. The number of aliphatic hydroxyl groups is 1. The molecule has 1 atom stereocenters. The highest BCUT2D eigenvalue weighted by atomic mass is 19.2. The summed E-state index contributed by atoms with van der Waals surface area (Å²) in [7, 11) is 0. The third kappa shape index (κ3) is 2.23. The normalized spacial score (nSPS) is 20.1. The Labute approximate surface area is 105 Å². The van der Waals surface area contributed by atoms with Crippen LogP contribution in [0.2, 0.25) is 0 Å². The first-order valence-corrected chi connectivity index (χ1v) is 6.13. The molecule has 1 aromatic rings. The van der Waals surface area contributed by atoms with Gasteiger partial charge < -0.3 is 5.11 Å². The van der Waals surface area contributed by atoms with E-state index < -0.39 is 23.2 Å². The van der Waals surface area contributed by atoms with E-state index >= 15 is 0 Å². The SMILES string of the molecule is N#CC1(C(O)c2ccc(F)c(F)c2)CCCCC1. The Bertz CT molecular complexity index is 475. The predicted molar refractivity (Wildman–Crippen MR) is 62.4 cm³/mol. The van der Waals surface area contributed by atoms with Crippen LogP contribution in [0.1, 0.15) is 43.8 Å². The minimum absolute atomic E-state index is 0.275. The first-order chi connectivity index (χ1) is 8.59. The number of benzene rings is 1. The average molecular weight is 251 g/mol. The number of rotatable bonds is 2. The summed E-state index contributed by atoms with van der Waals surface area (Å²) in [6.45, 7) is 0. The van der Waals surface area contributed by atoms with Gasteiger partial charge in [-0.1, -0.05) is 25.3 Å². The van der Waals surface area contributed by atoms with Crippen molar-refractivity contribution in [2.24, 2.45) is 5.41 Å². The molecule has 4 heteroatoms. The summed E-state index contributed by atoms with van der Waals surface area (Å²) in [6, 6.07) is 5.50. The Balaban J connectivity index is 2.31. The highest BCUT2D eigenvalue weighted by molar-refractivity contribution is 5.24.